The van der Waals surface area contributed by atoms with E-state index in [1.807, 2.05) is 0 Å². The van der Waals surface area contributed by atoms with Crippen LogP contribution in [0, 0.1) is 0 Å². The second-order valence-electron chi connectivity index (χ2n) is 0.456. The molecule has 0 spiro atoms. The van der Waals surface area contributed by atoms with Gasteiger partial charge < -0.3 is 5.11 Å². The van der Waals surface area contributed by atoms with Crippen LogP contribution < -0.4 is 0 Å². The first-order chi connectivity index (χ1) is 2.27. The van der Waals surface area contributed by atoms with Gasteiger partial charge in [-0.1, -0.05) is 0 Å². The van der Waals surface area contributed by atoms with E-state index in [-0.39, 0.29) is 31.1 Å². The van der Waals surface area contributed by atoms with Crippen LogP contribution in [-0.2, 0) is 9.59 Å². The Labute approximate surface area is 52.5 Å². The zero-order valence-electron chi connectivity index (χ0n) is 3.16. The monoisotopic (exact) mass is 146 g/mol. The van der Waals surface area contributed by atoms with Gasteiger partial charge in [0, 0.05) is 0 Å². The third kappa shape index (κ3) is 26.8. The molecule has 0 aliphatic carbocycles. The fraction of sp³-hybridized carbons (Fsp3) is 0. The number of hydrogen-bond acceptors (Lipinski definition) is 2. The molecule has 0 aromatic rings. The Morgan fingerprint density at radius 3 is 1.57 bits per heavy atom. The molecule has 0 fully saturated rings. The quantitative estimate of drug-likeness (QED) is 0.423. The molecule has 0 saturated heterocycles. The average Bonchev–Trinajstić information content (AvgIpc) is 1.38. The predicted octanol–water partition coefficient (Wildman–Crippen LogP) is 0.113. The van der Waals surface area contributed by atoms with E-state index in [2.05, 4.69) is 0 Å². The molecule has 5 heteroatoms. The van der Waals surface area contributed by atoms with E-state index >= 15 is 0 Å². The maximum atomic E-state index is 9.00. The SMILES string of the molecule is Cl.Cl.O=CC(=O)O. The molecule has 0 aromatic carbocycles. The third-order valence-electron chi connectivity index (χ3n) is 0.101. The van der Waals surface area contributed by atoms with E-state index in [4.69, 9.17) is 14.7 Å². The molecular formula is C2H4Cl2O3. The number of halogens is 2. The highest BCUT2D eigenvalue weighted by atomic mass is 35.5. The molecule has 7 heavy (non-hydrogen) atoms. The van der Waals surface area contributed by atoms with E-state index in [1.165, 1.54) is 0 Å². The van der Waals surface area contributed by atoms with E-state index in [0.29, 0.717) is 0 Å². The van der Waals surface area contributed by atoms with E-state index in [9.17, 15) is 0 Å². The number of carboxylic acid groups (broad SMARTS) is 1. The first-order valence-corrected chi connectivity index (χ1v) is 0.952. The number of carbonyl (C=O) groups excluding carboxylic acids is 1. The Hall–Kier alpha value is -0.280. The number of carboxylic acids is 1. The Bertz CT molecular complexity index is 62.0. The van der Waals surface area contributed by atoms with E-state index in [0.717, 1.165) is 0 Å². The zero-order chi connectivity index (χ0) is 4.28. The van der Waals surface area contributed by atoms with Crippen molar-refractivity contribution in [3.8, 4) is 0 Å². The zero-order valence-corrected chi connectivity index (χ0v) is 4.79. The van der Waals surface area contributed by atoms with Gasteiger partial charge in [-0.05, 0) is 0 Å². The summed E-state index contributed by atoms with van der Waals surface area (Å²) in [5, 5.41) is 7.35. The van der Waals surface area contributed by atoms with Crippen LogP contribution in [0.15, 0.2) is 0 Å². The molecule has 0 unspecified atom stereocenters. The van der Waals surface area contributed by atoms with Crippen LogP contribution in [0.4, 0.5) is 0 Å². The van der Waals surface area contributed by atoms with Gasteiger partial charge in [-0.15, -0.1) is 24.8 Å². The fourth-order valence-electron chi connectivity index (χ4n) is 0. The topological polar surface area (TPSA) is 54.4 Å². The molecule has 0 aliphatic rings. The summed E-state index contributed by atoms with van der Waals surface area (Å²) in [6, 6.07) is 0. The molecule has 0 atom stereocenters. The second kappa shape index (κ2) is 9.21. The number of carbonyl (C=O) groups is 2. The second-order valence-corrected chi connectivity index (χ2v) is 0.456. The Kier molecular flexibility index (Phi) is 20.9. The Morgan fingerprint density at radius 1 is 1.43 bits per heavy atom. The lowest BCUT2D eigenvalue weighted by Gasteiger charge is -1.59. The van der Waals surface area contributed by atoms with Gasteiger partial charge in [0.1, 0.15) is 0 Å². The molecular weight excluding hydrogens is 143 g/mol. The first-order valence-electron chi connectivity index (χ1n) is 0.952. The predicted molar refractivity (Wildman–Crippen MR) is 28.2 cm³/mol. The minimum absolute atomic E-state index is 0. The minimum atomic E-state index is -1.43. The summed E-state index contributed by atoms with van der Waals surface area (Å²) < 4.78 is 0. The third-order valence-corrected chi connectivity index (χ3v) is 0.101. The highest BCUT2D eigenvalue weighted by molar-refractivity contribution is 6.19. The molecule has 0 saturated carbocycles. The highest BCUT2D eigenvalue weighted by Gasteiger charge is 1.80. The molecule has 0 amide bonds. The molecule has 44 valence electrons. The van der Waals surface area contributed by atoms with Crippen molar-refractivity contribution in [3.63, 3.8) is 0 Å². The fourth-order valence-corrected chi connectivity index (χ4v) is 0. The molecule has 0 radical (unpaired) electrons. The Balaban J connectivity index is -0.0000000800. The largest absolute Gasteiger partial charge is 0.476 e. The summed E-state index contributed by atoms with van der Waals surface area (Å²) >= 11 is 0. The van der Waals surface area contributed by atoms with Crippen LogP contribution in [0.2, 0.25) is 0 Å². The summed E-state index contributed by atoms with van der Waals surface area (Å²) in [5.41, 5.74) is 0. The summed E-state index contributed by atoms with van der Waals surface area (Å²) in [4.78, 5) is 17.9. The highest BCUT2D eigenvalue weighted by Crippen LogP contribution is 1.39. The van der Waals surface area contributed by atoms with Gasteiger partial charge in [0.25, 0.3) is 0 Å². The van der Waals surface area contributed by atoms with Crippen molar-refractivity contribution in [1.82, 2.24) is 0 Å². The van der Waals surface area contributed by atoms with E-state index in [1.54, 1.807) is 0 Å². The van der Waals surface area contributed by atoms with Crippen LogP contribution in [0.5, 0.6) is 0 Å². The van der Waals surface area contributed by atoms with Gasteiger partial charge in [0.15, 0.2) is 0 Å². The standard InChI is InChI=1S/C2H2O3.2ClH/c3-1-2(4)5;;/h1H,(H,4,5);2*1H. The van der Waals surface area contributed by atoms with Crippen molar-refractivity contribution >= 4 is 37.1 Å². The molecule has 0 heterocycles. The molecule has 0 aromatic heterocycles. The average molecular weight is 147 g/mol. The summed E-state index contributed by atoms with van der Waals surface area (Å²) in [6.45, 7) is 0. The van der Waals surface area contributed by atoms with Gasteiger partial charge in [0.05, 0.1) is 0 Å². The maximum absolute atomic E-state index is 9.00. The van der Waals surface area contributed by atoms with Gasteiger partial charge in [-0.25, -0.2) is 4.79 Å². The smallest absolute Gasteiger partial charge is 0.368 e. The van der Waals surface area contributed by atoms with E-state index < -0.39 is 5.97 Å². The van der Waals surface area contributed by atoms with Crippen LogP contribution in [0.3, 0.4) is 0 Å². The van der Waals surface area contributed by atoms with Crippen molar-refractivity contribution in [2.45, 2.75) is 0 Å². The summed E-state index contributed by atoms with van der Waals surface area (Å²) in [7, 11) is 0. The van der Waals surface area contributed by atoms with Crippen LogP contribution in [0.1, 0.15) is 0 Å². The van der Waals surface area contributed by atoms with Gasteiger partial charge in [0.2, 0.25) is 6.29 Å². The maximum Gasteiger partial charge on any atom is 0.368 e. The Morgan fingerprint density at radius 2 is 1.57 bits per heavy atom. The van der Waals surface area contributed by atoms with Crippen molar-refractivity contribution in [2.24, 2.45) is 0 Å². The lowest BCUT2D eigenvalue weighted by molar-refractivity contribution is -0.143. The van der Waals surface area contributed by atoms with Gasteiger partial charge in [-0.2, -0.15) is 0 Å². The van der Waals surface area contributed by atoms with Crippen molar-refractivity contribution in [3.05, 3.63) is 0 Å². The summed E-state index contributed by atoms with van der Waals surface area (Å²) in [6.07, 6.45) is -0.167. The number of hydrogen-bond donors (Lipinski definition) is 1. The summed E-state index contributed by atoms with van der Waals surface area (Å²) in [5.74, 6) is -1.43. The first kappa shape index (κ1) is 15.9. The van der Waals surface area contributed by atoms with Crippen LogP contribution in [0.25, 0.3) is 0 Å². The molecule has 0 aliphatic heterocycles. The molecule has 3 nitrogen and oxygen atoms in total. The lowest BCUT2D eigenvalue weighted by Crippen LogP contribution is -1.91. The number of aldehydes is 1. The van der Waals surface area contributed by atoms with Crippen molar-refractivity contribution in [1.29, 1.82) is 0 Å². The molecule has 0 rings (SSSR count). The van der Waals surface area contributed by atoms with Crippen molar-refractivity contribution < 1.29 is 14.7 Å². The normalized spacial score (nSPS) is 4.57. The van der Waals surface area contributed by atoms with Gasteiger partial charge >= 0.3 is 5.97 Å². The van der Waals surface area contributed by atoms with Crippen LogP contribution in [-0.4, -0.2) is 17.4 Å². The lowest BCUT2D eigenvalue weighted by atomic mass is 10.8. The molecule has 1 N–H and O–H groups in total. The minimum Gasteiger partial charge on any atom is -0.476 e. The van der Waals surface area contributed by atoms with Crippen LogP contribution >= 0.6 is 24.8 Å². The van der Waals surface area contributed by atoms with Crippen molar-refractivity contribution in [2.75, 3.05) is 0 Å². The van der Waals surface area contributed by atoms with Gasteiger partial charge in [-0.3, -0.25) is 4.79 Å². The number of rotatable bonds is 1. The number of aliphatic carboxylic acids is 1. The molecule has 0 bridgehead atoms.